The van der Waals surface area contributed by atoms with Crippen molar-refractivity contribution in [1.29, 1.82) is 0 Å². The second-order valence-corrected chi connectivity index (χ2v) is 7.39. The van der Waals surface area contributed by atoms with Crippen molar-refractivity contribution in [1.82, 2.24) is 16.2 Å². The monoisotopic (exact) mass is 463 g/mol. The molecule has 0 radical (unpaired) electrons. The van der Waals surface area contributed by atoms with E-state index in [1.54, 1.807) is 30.3 Å². The molecule has 3 aromatic rings. The fourth-order valence-electron chi connectivity index (χ4n) is 2.88. The Morgan fingerprint density at radius 2 is 1.55 bits per heavy atom. The standard InChI is InChI=1S/C25H25N3O4S/c1-2-16-31-20-14-12-19(13-15-20)24(30)26-25(33)28-27-23(29)17-32-22-11-7-6-10-21(22)18-8-4-3-5-9-18/h3-15H,2,16-17H2,1H3,(H,27,29)(H2,26,28,30,33). The van der Waals surface area contributed by atoms with Gasteiger partial charge < -0.3 is 9.47 Å². The normalized spacial score (nSPS) is 10.1. The van der Waals surface area contributed by atoms with Crippen molar-refractivity contribution in [2.45, 2.75) is 13.3 Å². The van der Waals surface area contributed by atoms with Gasteiger partial charge in [-0.15, -0.1) is 0 Å². The van der Waals surface area contributed by atoms with Gasteiger partial charge in [0.2, 0.25) is 0 Å². The van der Waals surface area contributed by atoms with Crippen molar-refractivity contribution >= 4 is 29.1 Å². The van der Waals surface area contributed by atoms with Gasteiger partial charge in [0.15, 0.2) is 11.7 Å². The van der Waals surface area contributed by atoms with E-state index in [0.717, 1.165) is 17.5 Å². The van der Waals surface area contributed by atoms with E-state index in [1.807, 2.05) is 55.5 Å². The predicted octanol–water partition coefficient (Wildman–Crippen LogP) is 3.86. The lowest BCUT2D eigenvalue weighted by Crippen LogP contribution is -2.49. The lowest BCUT2D eigenvalue weighted by atomic mass is 10.1. The minimum atomic E-state index is -0.452. The Morgan fingerprint density at radius 1 is 0.848 bits per heavy atom. The number of hydrogen-bond acceptors (Lipinski definition) is 5. The Labute approximate surface area is 198 Å². The van der Waals surface area contributed by atoms with Crippen LogP contribution >= 0.6 is 12.2 Å². The number of para-hydroxylation sites is 1. The molecule has 0 spiro atoms. The Kier molecular flexibility index (Phi) is 8.79. The summed E-state index contributed by atoms with van der Waals surface area (Å²) in [4.78, 5) is 24.5. The van der Waals surface area contributed by atoms with Crippen LogP contribution in [0.1, 0.15) is 23.7 Å². The largest absolute Gasteiger partial charge is 0.494 e. The van der Waals surface area contributed by atoms with Gasteiger partial charge in [-0.3, -0.25) is 25.8 Å². The number of benzene rings is 3. The number of thiocarbonyl (C=S) groups is 1. The van der Waals surface area contributed by atoms with Crippen LogP contribution in [0.25, 0.3) is 11.1 Å². The van der Waals surface area contributed by atoms with E-state index in [9.17, 15) is 9.59 Å². The highest BCUT2D eigenvalue weighted by Crippen LogP contribution is 2.29. The van der Waals surface area contributed by atoms with Gasteiger partial charge in [-0.25, -0.2) is 0 Å². The molecule has 7 nitrogen and oxygen atoms in total. The molecule has 3 N–H and O–H groups in total. The van der Waals surface area contributed by atoms with E-state index in [0.29, 0.717) is 23.7 Å². The van der Waals surface area contributed by atoms with E-state index >= 15 is 0 Å². The first-order chi connectivity index (χ1) is 16.1. The number of nitrogens with one attached hydrogen (secondary N) is 3. The van der Waals surface area contributed by atoms with Gasteiger partial charge in [-0.2, -0.15) is 0 Å². The average molecular weight is 464 g/mol. The molecule has 0 fully saturated rings. The molecule has 0 unspecified atom stereocenters. The third-order valence-electron chi connectivity index (χ3n) is 4.46. The molecule has 3 aromatic carbocycles. The highest BCUT2D eigenvalue weighted by atomic mass is 32.1. The number of hydrogen-bond donors (Lipinski definition) is 3. The van der Waals surface area contributed by atoms with Crippen LogP contribution in [-0.2, 0) is 4.79 Å². The van der Waals surface area contributed by atoms with Crippen LogP contribution in [0.4, 0.5) is 0 Å². The van der Waals surface area contributed by atoms with Crippen LogP contribution in [0, 0.1) is 0 Å². The maximum atomic E-state index is 12.3. The van der Waals surface area contributed by atoms with E-state index in [2.05, 4.69) is 16.2 Å². The van der Waals surface area contributed by atoms with Crippen LogP contribution in [0.3, 0.4) is 0 Å². The van der Waals surface area contributed by atoms with E-state index < -0.39 is 11.8 Å². The molecule has 33 heavy (non-hydrogen) atoms. The third kappa shape index (κ3) is 7.33. The molecule has 8 heteroatoms. The smallest absolute Gasteiger partial charge is 0.276 e. The summed E-state index contributed by atoms with van der Waals surface area (Å²) in [6.45, 7) is 2.40. The van der Waals surface area contributed by atoms with Crippen molar-refractivity contribution in [2.24, 2.45) is 0 Å². The number of ether oxygens (including phenoxy) is 2. The summed E-state index contributed by atoms with van der Waals surface area (Å²) in [5.41, 5.74) is 7.19. The Bertz CT molecular complexity index is 1090. The second kappa shape index (κ2) is 12.2. The summed E-state index contributed by atoms with van der Waals surface area (Å²) in [6.07, 6.45) is 0.901. The van der Waals surface area contributed by atoms with Gasteiger partial charge in [0.05, 0.1) is 6.61 Å². The lowest BCUT2D eigenvalue weighted by Gasteiger charge is -2.13. The van der Waals surface area contributed by atoms with Gasteiger partial charge in [-0.1, -0.05) is 55.5 Å². The number of amides is 2. The van der Waals surface area contributed by atoms with Crippen LogP contribution in [0.2, 0.25) is 0 Å². The molecule has 0 aromatic heterocycles. The first-order valence-electron chi connectivity index (χ1n) is 10.5. The fourth-order valence-corrected chi connectivity index (χ4v) is 3.03. The lowest BCUT2D eigenvalue weighted by molar-refractivity contribution is -0.123. The summed E-state index contributed by atoms with van der Waals surface area (Å²) in [6, 6.07) is 23.9. The fraction of sp³-hybridized carbons (Fsp3) is 0.160. The quantitative estimate of drug-likeness (QED) is 0.347. The van der Waals surface area contributed by atoms with Gasteiger partial charge in [-0.05, 0) is 54.5 Å². The number of rotatable bonds is 8. The molecule has 170 valence electrons. The van der Waals surface area contributed by atoms with Crippen LogP contribution in [0.5, 0.6) is 11.5 Å². The number of carbonyl (C=O) groups excluding carboxylic acids is 2. The molecular formula is C25H25N3O4S. The molecule has 0 atom stereocenters. The van der Waals surface area contributed by atoms with Crippen molar-refractivity contribution in [3.63, 3.8) is 0 Å². The maximum absolute atomic E-state index is 12.3. The molecule has 0 aliphatic heterocycles. The van der Waals surface area contributed by atoms with E-state index in [4.69, 9.17) is 21.7 Å². The zero-order valence-corrected chi connectivity index (χ0v) is 19.0. The SMILES string of the molecule is CCCOc1ccc(C(=O)NC(=S)NNC(=O)COc2ccccc2-c2ccccc2)cc1. The first kappa shape index (κ1) is 23.7. The second-order valence-electron chi connectivity index (χ2n) is 6.98. The topological polar surface area (TPSA) is 88.7 Å². The molecule has 2 amide bonds. The Hall–Kier alpha value is -3.91. The van der Waals surface area contributed by atoms with Gasteiger partial charge in [0.1, 0.15) is 11.5 Å². The molecule has 0 aliphatic rings. The minimum Gasteiger partial charge on any atom is -0.494 e. The maximum Gasteiger partial charge on any atom is 0.276 e. The van der Waals surface area contributed by atoms with Gasteiger partial charge in [0.25, 0.3) is 11.8 Å². The zero-order valence-electron chi connectivity index (χ0n) is 18.2. The molecule has 0 saturated carbocycles. The van der Waals surface area contributed by atoms with Crippen molar-refractivity contribution in [3.05, 3.63) is 84.4 Å². The van der Waals surface area contributed by atoms with E-state index in [-0.39, 0.29) is 11.7 Å². The zero-order chi connectivity index (χ0) is 23.5. The van der Waals surface area contributed by atoms with Gasteiger partial charge in [0, 0.05) is 11.1 Å². The third-order valence-corrected chi connectivity index (χ3v) is 4.67. The molecule has 3 rings (SSSR count). The van der Waals surface area contributed by atoms with Crippen molar-refractivity contribution in [3.8, 4) is 22.6 Å². The van der Waals surface area contributed by atoms with Crippen molar-refractivity contribution in [2.75, 3.05) is 13.2 Å². The summed E-state index contributed by atoms with van der Waals surface area (Å²) >= 11 is 5.07. The highest BCUT2D eigenvalue weighted by molar-refractivity contribution is 7.80. The summed E-state index contributed by atoms with van der Waals surface area (Å²) in [7, 11) is 0. The Morgan fingerprint density at radius 3 is 2.27 bits per heavy atom. The summed E-state index contributed by atoms with van der Waals surface area (Å²) in [5.74, 6) is 0.417. The molecule has 0 aliphatic carbocycles. The van der Waals surface area contributed by atoms with Crippen LogP contribution in [0.15, 0.2) is 78.9 Å². The van der Waals surface area contributed by atoms with E-state index in [1.165, 1.54) is 0 Å². The summed E-state index contributed by atoms with van der Waals surface area (Å²) < 4.78 is 11.2. The summed E-state index contributed by atoms with van der Waals surface area (Å²) in [5, 5.41) is 2.47. The average Bonchev–Trinajstić information content (AvgIpc) is 2.86. The molecule has 0 bridgehead atoms. The molecule has 0 saturated heterocycles. The van der Waals surface area contributed by atoms with Crippen LogP contribution in [-0.4, -0.2) is 30.1 Å². The minimum absolute atomic E-state index is 0.0376. The predicted molar refractivity (Wildman–Crippen MR) is 131 cm³/mol. The number of carbonyl (C=O) groups is 2. The Balaban J connectivity index is 1.45. The van der Waals surface area contributed by atoms with Crippen molar-refractivity contribution < 1.29 is 19.1 Å². The molecule has 0 heterocycles. The first-order valence-corrected chi connectivity index (χ1v) is 10.9. The highest BCUT2D eigenvalue weighted by Gasteiger charge is 2.11. The van der Waals surface area contributed by atoms with Gasteiger partial charge >= 0.3 is 0 Å². The van der Waals surface area contributed by atoms with Crippen LogP contribution < -0.4 is 25.6 Å². The molecular weight excluding hydrogens is 438 g/mol. The number of hydrazine groups is 1.